The van der Waals surface area contributed by atoms with E-state index in [2.05, 4.69) is 10.6 Å². The quantitative estimate of drug-likeness (QED) is 0.899. The molecule has 3 amide bonds. The van der Waals surface area contributed by atoms with Crippen LogP contribution in [0, 0.1) is 5.92 Å². The van der Waals surface area contributed by atoms with Gasteiger partial charge >= 0.3 is 6.03 Å². The summed E-state index contributed by atoms with van der Waals surface area (Å²) < 4.78 is 0. The second-order valence-electron chi connectivity index (χ2n) is 5.98. The number of rotatable bonds is 3. The van der Waals surface area contributed by atoms with Gasteiger partial charge in [-0.2, -0.15) is 0 Å². The Labute approximate surface area is 135 Å². The average Bonchev–Trinajstić information content (AvgIpc) is 3.33. The Hall–Kier alpha value is -1.75. The van der Waals surface area contributed by atoms with Crippen LogP contribution >= 0.6 is 11.6 Å². The molecule has 1 heterocycles. The summed E-state index contributed by atoms with van der Waals surface area (Å²) in [4.78, 5) is 26.0. The van der Waals surface area contributed by atoms with E-state index in [1.54, 1.807) is 29.2 Å². The van der Waals surface area contributed by atoms with Gasteiger partial charge in [-0.05, 0) is 49.9 Å². The van der Waals surface area contributed by atoms with Crippen LogP contribution in [0.3, 0.4) is 0 Å². The van der Waals surface area contributed by atoms with Crippen molar-refractivity contribution in [1.29, 1.82) is 0 Å². The zero-order valence-corrected chi connectivity index (χ0v) is 13.1. The number of likely N-dealkylation sites (tertiary alicyclic amines) is 1. The highest BCUT2D eigenvalue weighted by Crippen LogP contribution is 2.23. The van der Waals surface area contributed by atoms with Gasteiger partial charge in [0.2, 0.25) is 5.91 Å². The summed E-state index contributed by atoms with van der Waals surface area (Å²) in [5, 5.41) is 6.53. The zero-order valence-electron chi connectivity index (χ0n) is 12.3. The molecule has 0 atom stereocenters. The lowest BCUT2D eigenvalue weighted by Gasteiger charge is -2.31. The van der Waals surface area contributed by atoms with Crippen LogP contribution in [0.1, 0.15) is 25.7 Å². The molecule has 5 nitrogen and oxygen atoms in total. The van der Waals surface area contributed by atoms with Gasteiger partial charge in [0.1, 0.15) is 0 Å². The third-order valence-electron chi connectivity index (χ3n) is 4.17. The zero-order chi connectivity index (χ0) is 15.5. The molecule has 0 radical (unpaired) electrons. The molecule has 6 heteroatoms. The van der Waals surface area contributed by atoms with Gasteiger partial charge in [-0.3, -0.25) is 4.79 Å². The number of hydrogen-bond donors (Lipinski definition) is 2. The van der Waals surface area contributed by atoms with Crippen molar-refractivity contribution in [1.82, 2.24) is 10.2 Å². The van der Waals surface area contributed by atoms with E-state index in [1.165, 1.54) is 0 Å². The number of anilines is 1. The van der Waals surface area contributed by atoms with Crippen molar-refractivity contribution in [3.05, 3.63) is 29.3 Å². The molecule has 3 rings (SSSR count). The Balaban J connectivity index is 1.46. The topological polar surface area (TPSA) is 61.4 Å². The molecule has 2 fully saturated rings. The first-order chi connectivity index (χ1) is 10.6. The number of carbonyl (C=O) groups excluding carboxylic acids is 2. The second kappa shape index (κ2) is 6.57. The summed E-state index contributed by atoms with van der Waals surface area (Å²) in [7, 11) is 0. The van der Waals surface area contributed by atoms with E-state index >= 15 is 0 Å². The van der Waals surface area contributed by atoms with Crippen LogP contribution in [0.4, 0.5) is 10.5 Å². The van der Waals surface area contributed by atoms with Crippen LogP contribution in [0.2, 0.25) is 5.02 Å². The van der Waals surface area contributed by atoms with Crippen molar-refractivity contribution < 1.29 is 9.59 Å². The summed E-state index contributed by atoms with van der Waals surface area (Å²) in [6, 6.07) is 7.31. The smallest absolute Gasteiger partial charge is 0.321 e. The van der Waals surface area contributed by atoms with Gasteiger partial charge in [0.25, 0.3) is 0 Å². The molecule has 0 bridgehead atoms. The lowest BCUT2D eigenvalue weighted by Crippen LogP contribution is -2.44. The van der Waals surface area contributed by atoms with Crippen molar-refractivity contribution >= 4 is 29.2 Å². The van der Waals surface area contributed by atoms with E-state index in [-0.39, 0.29) is 17.9 Å². The third kappa shape index (κ3) is 3.91. The van der Waals surface area contributed by atoms with Gasteiger partial charge in [-0.25, -0.2) is 4.79 Å². The van der Waals surface area contributed by atoms with E-state index in [1.807, 2.05) is 0 Å². The number of hydrogen-bond acceptors (Lipinski definition) is 2. The van der Waals surface area contributed by atoms with Gasteiger partial charge in [0.15, 0.2) is 0 Å². The minimum Gasteiger partial charge on any atom is -0.353 e. The molecule has 0 spiro atoms. The van der Waals surface area contributed by atoms with Crippen LogP contribution in [-0.4, -0.2) is 36.0 Å². The number of urea groups is 1. The van der Waals surface area contributed by atoms with Gasteiger partial charge in [0.05, 0.1) is 0 Å². The van der Waals surface area contributed by atoms with E-state index in [0.717, 1.165) is 31.4 Å². The third-order valence-corrected chi connectivity index (χ3v) is 4.42. The van der Waals surface area contributed by atoms with Crippen LogP contribution in [0.25, 0.3) is 0 Å². The Morgan fingerprint density at radius 2 is 1.68 bits per heavy atom. The number of halogens is 1. The molecular weight excluding hydrogens is 302 g/mol. The van der Waals surface area contributed by atoms with Crippen LogP contribution in [0.15, 0.2) is 24.3 Å². The molecule has 22 heavy (non-hydrogen) atoms. The minimum absolute atomic E-state index is 0.0418. The standard InChI is InChI=1S/C16H20ClN3O2/c17-12-1-3-14(4-2-12)19-16(22)20-9-7-11(8-10-20)15(21)18-13-5-6-13/h1-4,11,13H,5-10H2,(H,18,21)(H,19,22). The van der Waals surface area contributed by atoms with Crippen molar-refractivity contribution in [3.63, 3.8) is 0 Å². The first-order valence-corrected chi connectivity index (χ1v) is 8.11. The fourth-order valence-corrected chi connectivity index (χ4v) is 2.75. The van der Waals surface area contributed by atoms with Crippen LogP contribution < -0.4 is 10.6 Å². The maximum absolute atomic E-state index is 12.2. The molecule has 1 aromatic rings. The summed E-state index contributed by atoms with van der Waals surface area (Å²) >= 11 is 5.82. The SMILES string of the molecule is O=C(NC1CC1)C1CCN(C(=O)Nc2ccc(Cl)cc2)CC1. The molecule has 1 saturated carbocycles. The highest BCUT2D eigenvalue weighted by Gasteiger charge is 2.31. The monoisotopic (exact) mass is 321 g/mol. The van der Waals surface area contributed by atoms with Crippen molar-refractivity contribution in [2.75, 3.05) is 18.4 Å². The van der Waals surface area contributed by atoms with Gasteiger partial charge in [-0.1, -0.05) is 11.6 Å². The van der Waals surface area contributed by atoms with Gasteiger partial charge in [0, 0.05) is 35.8 Å². The van der Waals surface area contributed by atoms with Crippen molar-refractivity contribution in [3.8, 4) is 0 Å². The van der Waals surface area contributed by atoms with E-state index in [4.69, 9.17) is 11.6 Å². The molecule has 1 saturated heterocycles. The second-order valence-corrected chi connectivity index (χ2v) is 6.42. The fraction of sp³-hybridized carbons (Fsp3) is 0.500. The molecule has 118 valence electrons. The molecule has 2 aliphatic rings. The maximum atomic E-state index is 12.2. The molecule has 1 aliphatic heterocycles. The summed E-state index contributed by atoms with van der Waals surface area (Å²) in [5.41, 5.74) is 0.725. The highest BCUT2D eigenvalue weighted by atomic mass is 35.5. The minimum atomic E-state index is -0.122. The number of amides is 3. The number of benzene rings is 1. The van der Waals surface area contributed by atoms with E-state index in [0.29, 0.717) is 24.2 Å². The molecular formula is C16H20ClN3O2. The van der Waals surface area contributed by atoms with Gasteiger partial charge in [-0.15, -0.1) is 0 Å². The molecule has 0 aromatic heterocycles. The van der Waals surface area contributed by atoms with Crippen LogP contribution in [-0.2, 0) is 4.79 Å². The number of carbonyl (C=O) groups is 2. The predicted molar refractivity (Wildman–Crippen MR) is 85.9 cm³/mol. The number of nitrogens with zero attached hydrogens (tertiary/aromatic N) is 1. The van der Waals surface area contributed by atoms with E-state index < -0.39 is 0 Å². The lowest BCUT2D eigenvalue weighted by molar-refractivity contribution is -0.126. The Kier molecular flexibility index (Phi) is 4.52. The first kappa shape index (κ1) is 15.2. The normalized spacial score (nSPS) is 18.9. The van der Waals surface area contributed by atoms with Gasteiger partial charge < -0.3 is 15.5 Å². The summed E-state index contributed by atoms with van der Waals surface area (Å²) in [6.07, 6.45) is 3.67. The lowest BCUT2D eigenvalue weighted by atomic mass is 9.96. The Bertz CT molecular complexity index is 549. The van der Waals surface area contributed by atoms with E-state index in [9.17, 15) is 9.59 Å². The number of piperidine rings is 1. The van der Waals surface area contributed by atoms with Crippen molar-refractivity contribution in [2.24, 2.45) is 5.92 Å². The Morgan fingerprint density at radius 1 is 1.05 bits per heavy atom. The average molecular weight is 322 g/mol. The molecule has 0 unspecified atom stereocenters. The fourth-order valence-electron chi connectivity index (χ4n) is 2.63. The highest BCUT2D eigenvalue weighted by molar-refractivity contribution is 6.30. The predicted octanol–water partition coefficient (Wildman–Crippen LogP) is 2.86. The molecule has 2 N–H and O–H groups in total. The van der Waals surface area contributed by atoms with Crippen molar-refractivity contribution in [2.45, 2.75) is 31.7 Å². The number of nitrogens with one attached hydrogen (secondary N) is 2. The maximum Gasteiger partial charge on any atom is 0.321 e. The summed E-state index contributed by atoms with van der Waals surface area (Å²) in [6.45, 7) is 1.23. The molecule has 1 aliphatic carbocycles. The van der Waals surface area contributed by atoms with Crippen LogP contribution in [0.5, 0.6) is 0 Å². The first-order valence-electron chi connectivity index (χ1n) is 7.74. The molecule has 1 aromatic carbocycles. The largest absolute Gasteiger partial charge is 0.353 e. The Morgan fingerprint density at radius 3 is 2.27 bits per heavy atom. The summed E-state index contributed by atoms with van der Waals surface area (Å²) in [5.74, 6) is 0.195.